The van der Waals surface area contributed by atoms with Crippen molar-refractivity contribution in [3.63, 3.8) is 0 Å². The summed E-state index contributed by atoms with van der Waals surface area (Å²) in [5.41, 5.74) is 1.14. The molecular formula is C13H16N4O3. The van der Waals surface area contributed by atoms with Crippen LogP contribution in [-0.4, -0.2) is 34.8 Å². The molecule has 7 nitrogen and oxygen atoms in total. The van der Waals surface area contributed by atoms with Crippen LogP contribution in [0.25, 0.3) is 11.0 Å². The predicted octanol–water partition coefficient (Wildman–Crippen LogP) is 1.72. The van der Waals surface area contributed by atoms with Crippen LogP contribution in [0.1, 0.15) is 13.8 Å². The van der Waals surface area contributed by atoms with Crippen LogP contribution in [0.3, 0.4) is 0 Å². The van der Waals surface area contributed by atoms with Gasteiger partial charge in [0, 0.05) is 13.1 Å². The average molecular weight is 276 g/mol. The molecule has 0 aliphatic rings. The van der Waals surface area contributed by atoms with Gasteiger partial charge in [0.1, 0.15) is 0 Å². The van der Waals surface area contributed by atoms with Gasteiger partial charge in [-0.3, -0.25) is 0 Å². The second kappa shape index (κ2) is 5.60. The smallest absolute Gasteiger partial charge is 0.375 e. The number of nitrogens with one attached hydrogen (secondary N) is 2. The first-order valence-corrected chi connectivity index (χ1v) is 6.21. The first-order chi connectivity index (χ1) is 9.52. The lowest BCUT2D eigenvalue weighted by Crippen LogP contribution is -2.34. The molecule has 0 spiro atoms. The van der Waals surface area contributed by atoms with Gasteiger partial charge in [-0.1, -0.05) is 12.1 Å². The van der Waals surface area contributed by atoms with Crippen molar-refractivity contribution >= 4 is 23.2 Å². The Morgan fingerprint density at radius 1 is 1.30 bits per heavy atom. The molecule has 0 aliphatic carbocycles. The van der Waals surface area contributed by atoms with Crippen LogP contribution in [0.15, 0.2) is 24.3 Å². The SMILES string of the molecule is CNC(=O)n1c(OC(=O)NC(C)C)nc2ccccc21. The molecule has 1 aromatic heterocycles. The minimum absolute atomic E-state index is 0.0660. The lowest BCUT2D eigenvalue weighted by atomic mass is 10.3. The molecule has 0 aliphatic heterocycles. The Morgan fingerprint density at radius 2 is 2.00 bits per heavy atom. The zero-order valence-electron chi connectivity index (χ0n) is 11.5. The van der Waals surface area contributed by atoms with Crippen molar-refractivity contribution in [1.29, 1.82) is 0 Å². The Labute approximate surface area is 115 Å². The number of rotatable bonds is 2. The molecule has 7 heteroatoms. The number of nitrogens with zero attached hydrogens (tertiary/aromatic N) is 2. The second-order valence-electron chi connectivity index (χ2n) is 4.46. The highest BCUT2D eigenvalue weighted by atomic mass is 16.6. The van der Waals surface area contributed by atoms with Crippen LogP contribution in [0.5, 0.6) is 6.01 Å². The fraction of sp³-hybridized carbons (Fsp3) is 0.308. The molecule has 0 atom stereocenters. The third-order valence-corrected chi connectivity index (χ3v) is 2.54. The van der Waals surface area contributed by atoms with Crippen molar-refractivity contribution in [2.45, 2.75) is 19.9 Å². The van der Waals surface area contributed by atoms with Gasteiger partial charge < -0.3 is 15.4 Å². The van der Waals surface area contributed by atoms with Gasteiger partial charge in [0.25, 0.3) is 0 Å². The molecule has 0 unspecified atom stereocenters. The number of carbonyl (C=O) groups excluding carboxylic acids is 2. The Hall–Kier alpha value is -2.57. The summed E-state index contributed by atoms with van der Waals surface area (Å²) in [6.45, 7) is 3.62. The van der Waals surface area contributed by atoms with Crippen LogP contribution in [0, 0.1) is 0 Å². The van der Waals surface area contributed by atoms with Gasteiger partial charge in [0.2, 0.25) is 0 Å². The Balaban J connectivity index is 2.41. The molecule has 0 bridgehead atoms. The molecule has 1 heterocycles. The molecule has 20 heavy (non-hydrogen) atoms. The highest BCUT2D eigenvalue weighted by molar-refractivity contribution is 5.91. The maximum absolute atomic E-state index is 11.9. The molecule has 2 aromatic rings. The van der Waals surface area contributed by atoms with Gasteiger partial charge in [0.05, 0.1) is 11.0 Å². The molecule has 0 saturated carbocycles. The van der Waals surface area contributed by atoms with Crippen LogP contribution in [0.2, 0.25) is 0 Å². The second-order valence-corrected chi connectivity index (χ2v) is 4.46. The zero-order chi connectivity index (χ0) is 14.7. The number of aromatic nitrogens is 2. The van der Waals surface area contributed by atoms with Crippen LogP contribution in [-0.2, 0) is 0 Å². The monoisotopic (exact) mass is 276 g/mol. The van der Waals surface area contributed by atoms with E-state index >= 15 is 0 Å². The lowest BCUT2D eigenvalue weighted by Gasteiger charge is -2.09. The summed E-state index contributed by atoms with van der Waals surface area (Å²) in [4.78, 5) is 27.7. The fourth-order valence-electron chi connectivity index (χ4n) is 1.73. The topological polar surface area (TPSA) is 85.2 Å². The van der Waals surface area contributed by atoms with E-state index in [0.717, 1.165) is 0 Å². The number of fused-ring (bicyclic) bond motifs is 1. The highest BCUT2D eigenvalue weighted by Crippen LogP contribution is 2.20. The van der Waals surface area contributed by atoms with E-state index in [4.69, 9.17) is 4.74 Å². The number of amides is 2. The number of benzene rings is 1. The minimum atomic E-state index is -0.652. The van der Waals surface area contributed by atoms with E-state index in [1.165, 1.54) is 11.6 Å². The van der Waals surface area contributed by atoms with Crippen molar-refractivity contribution in [1.82, 2.24) is 20.2 Å². The largest absolute Gasteiger partial charge is 0.415 e. The van der Waals surface area contributed by atoms with E-state index in [1.807, 2.05) is 13.8 Å². The number of carbonyl (C=O) groups is 2. The quantitative estimate of drug-likeness (QED) is 0.874. The van der Waals surface area contributed by atoms with E-state index in [0.29, 0.717) is 11.0 Å². The van der Waals surface area contributed by atoms with Gasteiger partial charge in [-0.05, 0) is 26.0 Å². The number of hydrogen-bond donors (Lipinski definition) is 2. The third kappa shape index (κ3) is 2.71. The summed E-state index contributed by atoms with van der Waals surface area (Å²) in [7, 11) is 1.50. The maximum Gasteiger partial charge on any atom is 0.415 e. The Morgan fingerprint density at radius 3 is 2.65 bits per heavy atom. The summed E-state index contributed by atoms with van der Waals surface area (Å²) >= 11 is 0. The standard InChI is InChI=1S/C13H16N4O3/c1-8(2)15-13(19)20-12-16-9-6-4-5-7-10(9)17(12)11(18)14-3/h4-8H,1-3H3,(H,14,18)(H,15,19). The van der Waals surface area contributed by atoms with E-state index < -0.39 is 12.1 Å². The minimum Gasteiger partial charge on any atom is -0.375 e. The number of hydrogen-bond acceptors (Lipinski definition) is 4. The summed E-state index contributed by atoms with van der Waals surface area (Å²) in [5.74, 6) is 0. The normalized spacial score (nSPS) is 10.6. The molecule has 2 rings (SSSR count). The molecule has 2 N–H and O–H groups in total. The van der Waals surface area contributed by atoms with Crippen LogP contribution in [0.4, 0.5) is 9.59 Å². The zero-order valence-corrected chi connectivity index (χ0v) is 11.5. The van der Waals surface area contributed by atoms with Crippen LogP contribution >= 0.6 is 0 Å². The highest BCUT2D eigenvalue weighted by Gasteiger charge is 2.19. The van der Waals surface area contributed by atoms with E-state index in [-0.39, 0.29) is 12.1 Å². The molecule has 106 valence electrons. The molecule has 0 fully saturated rings. The van der Waals surface area contributed by atoms with Gasteiger partial charge in [-0.25, -0.2) is 14.2 Å². The summed E-state index contributed by atoms with van der Waals surface area (Å²) in [5, 5.41) is 5.06. The average Bonchev–Trinajstić information content (AvgIpc) is 2.74. The van der Waals surface area contributed by atoms with Gasteiger partial charge in [0.15, 0.2) is 0 Å². The summed E-state index contributed by atoms with van der Waals surface area (Å²) < 4.78 is 6.32. The van der Waals surface area contributed by atoms with Crippen molar-refractivity contribution in [2.75, 3.05) is 7.05 Å². The molecule has 1 aromatic carbocycles. The van der Waals surface area contributed by atoms with Crippen LogP contribution < -0.4 is 15.4 Å². The van der Waals surface area contributed by atoms with Crippen molar-refractivity contribution < 1.29 is 14.3 Å². The Bertz CT molecular complexity index is 648. The first kappa shape index (κ1) is 13.9. The van der Waals surface area contributed by atoms with Gasteiger partial charge in [-0.2, -0.15) is 4.98 Å². The van der Waals surface area contributed by atoms with Crippen molar-refractivity contribution in [2.24, 2.45) is 0 Å². The third-order valence-electron chi connectivity index (χ3n) is 2.54. The van der Waals surface area contributed by atoms with Gasteiger partial charge >= 0.3 is 18.1 Å². The molecule has 2 amide bonds. The van der Waals surface area contributed by atoms with E-state index in [9.17, 15) is 9.59 Å². The van der Waals surface area contributed by atoms with Gasteiger partial charge in [-0.15, -0.1) is 0 Å². The lowest BCUT2D eigenvalue weighted by molar-refractivity contribution is 0.192. The van der Waals surface area contributed by atoms with Crippen molar-refractivity contribution in [3.8, 4) is 6.01 Å². The molecule has 0 radical (unpaired) electrons. The predicted molar refractivity (Wildman–Crippen MR) is 73.9 cm³/mol. The first-order valence-electron chi connectivity index (χ1n) is 6.21. The Kier molecular flexibility index (Phi) is 3.88. The van der Waals surface area contributed by atoms with E-state index in [1.54, 1.807) is 24.3 Å². The van der Waals surface area contributed by atoms with Crippen molar-refractivity contribution in [3.05, 3.63) is 24.3 Å². The number of imidazole rings is 1. The molecular weight excluding hydrogens is 260 g/mol. The summed E-state index contributed by atoms with van der Waals surface area (Å²) in [6, 6.07) is 6.48. The fourth-order valence-corrected chi connectivity index (χ4v) is 1.73. The van der Waals surface area contributed by atoms with E-state index in [2.05, 4.69) is 15.6 Å². The summed E-state index contributed by atoms with van der Waals surface area (Å²) in [6.07, 6.45) is -0.652. The maximum atomic E-state index is 11.9. The number of para-hydroxylation sites is 2. The molecule has 0 saturated heterocycles. The number of ether oxygens (including phenoxy) is 1.